The first-order valence-corrected chi connectivity index (χ1v) is 1.32. The van der Waals surface area contributed by atoms with E-state index in [0.717, 1.165) is 0 Å². The Bertz CT molecular complexity index is 32.9. The molecule has 0 bridgehead atoms. The van der Waals surface area contributed by atoms with E-state index < -0.39 is 0 Å². The molecule has 0 aliphatic heterocycles. The predicted octanol–water partition coefficient (Wildman–Crippen LogP) is 1.03. The van der Waals surface area contributed by atoms with Crippen molar-refractivity contribution in [3.8, 4) is 0 Å². The third-order valence-electron chi connectivity index (χ3n) is 0.211. The molecule has 0 rings (SSSR count). The summed E-state index contributed by atoms with van der Waals surface area (Å²) in [7, 11) is 0. The highest BCUT2D eigenvalue weighted by atomic mass is 14.6. The first-order valence-electron chi connectivity index (χ1n) is 1.32. The Hall–Kier alpha value is -0.590. The van der Waals surface area contributed by atoms with Crippen LogP contribution in [0.1, 0.15) is 0 Å². The lowest BCUT2D eigenvalue weighted by Gasteiger charge is -1.65. The Morgan fingerprint density at radius 1 is 1.60 bits per heavy atom. The fourth-order valence-electron chi connectivity index (χ4n) is 0.0745. The molecule has 0 atom stereocenters. The topological polar surface area (TPSA) is 12.4 Å². The molecule has 0 amide bonds. The minimum absolute atomic E-state index is 1.53. The minimum atomic E-state index is 1.53. The largest absolute Gasteiger partial charge is 0.291 e. The summed E-state index contributed by atoms with van der Waals surface area (Å²) in [4.78, 5) is 3.36. The summed E-state index contributed by atoms with van der Waals surface area (Å²) in [6.45, 7) is 8.06. The molecule has 0 heterocycles. The van der Waals surface area contributed by atoms with Crippen LogP contribution in [-0.4, -0.2) is 6.72 Å². The van der Waals surface area contributed by atoms with Gasteiger partial charge < -0.3 is 0 Å². The van der Waals surface area contributed by atoms with Gasteiger partial charge in [0.1, 0.15) is 0 Å². The molecule has 0 saturated heterocycles. The molecule has 0 spiro atoms. The highest BCUT2D eigenvalue weighted by Crippen LogP contribution is 1.70. The highest BCUT2D eigenvalue weighted by Gasteiger charge is 1.53. The second-order valence-corrected chi connectivity index (χ2v) is 0.567. The Balaban J connectivity index is 2.65. The highest BCUT2D eigenvalue weighted by molar-refractivity contribution is 5.25. The normalized spacial score (nSPS) is 6.40. The van der Waals surface area contributed by atoms with Crippen LogP contribution in [0.3, 0.4) is 0 Å². The van der Waals surface area contributed by atoms with Crippen LogP contribution in [0.15, 0.2) is 17.6 Å². The zero-order valence-corrected chi connectivity index (χ0v) is 3.02. The molecule has 0 unspecified atom stereocenters. The van der Waals surface area contributed by atoms with Gasteiger partial charge in [-0.05, 0) is 6.72 Å². The Morgan fingerprint density at radius 2 is 2.20 bits per heavy atom. The van der Waals surface area contributed by atoms with Gasteiger partial charge in [-0.1, -0.05) is 6.08 Å². The zero-order valence-electron chi connectivity index (χ0n) is 3.02. The maximum absolute atomic E-state index is 3.36. The summed E-state index contributed by atoms with van der Waals surface area (Å²) in [6.07, 6.45) is 1.58. The van der Waals surface area contributed by atoms with Crippen LogP contribution >= 0.6 is 0 Å². The molecule has 0 fully saturated rings. The van der Waals surface area contributed by atoms with Crippen molar-refractivity contribution in [2.75, 3.05) is 0 Å². The van der Waals surface area contributed by atoms with Crippen molar-refractivity contribution in [1.29, 1.82) is 0 Å². The molecule has 0 N–H and O–H groups in total. The molecule has 0 saturated carbocycles. The van der Waals surface area contributed by atoms with E-state index in [2.05, 4.69) is 18.3 Å². The standard InChI is InChI=1S/C4H6N/c1-3-4-5-2/h3-4H,1-2H2. The Kier molecular flexibility index (Phi) is 3.01. The van der Waals surface area contributed by atoms with Crippen LogP contribution in [0, 0.1) is 6.54 Å². The number of rotatable bonds is 2. The third kappa shape index (κ3) is 3.41. The molecule has 1 heteroatoms. The monoisotopic (exact) mass is 68.1 g/mol. The molecule has 5 heavy (non-hydrogen) atoms. The lowest BCUT2D eigenvalue weighted by Crippen LogP contribution is -1.48. The van der Waals surface area contributed by atoms with Gasteiger partial charge in [-0.15, -0.1) is 6.58 Å². The maximum atomic E-state index is 3.36. The van der Waals surface area contributed by atoms with Crippen molar-refractivity contribution in [2.45, 2.75) is 0 Å². The van der Waals surface area contributed by atoms with Gasteiger partial charge >= 0.3 is 0 Å². The predicted molar refractivity (Wildman–Crippen MR) is 24.0 cm³/mol. The molecule has 0 aliphatic carbocycles. The number of hydrogen-bond donors (Lipinski definition) is 0. The van der Waals surface area contributed by atoms with Gasteiger partial charge in [0.15, 0.2) is 0 Å². The second kappa shape index (κ2) is 3.41. The van der Waals surface area contributed by atoms with E-state index in [4.69, 9.17) is 0 Å². The number of nitrogens with zero attached hydrogens (tertiary/aromatic N) is 1. The van der Waals surface area contributed by atoms with Gasteiger partial charge in [0.2, 0.25) is 0 Å². The van der Waals surface area contributed by atoms with Crippen LogP contribution in [0.2, 0.25) is 0 Å². The Labute approximate surface area is 32.0 Å². The van der Waals surface area contributed by atoms with Gasteiger partial charge in [-0.3, -0.25) is 4.99 Å². The molecule has 1 radical (unpaired) electrons. The van der Waals surface area contributed by atoms with Gasteiger partial charge in [0, 0.05) is 0 Å². The third-order valence-corrected chi connectivity index (χ3v) is 0.211. The Morgan fingerprint density at radius 3 is 2.20 bits per heavy atom. The molecular formula is C4H6N. The molecule has 0 aromatic heterocycles. The van der Waals surface area contributed by atoms with E-state index in [1.54, 1.807) is 6.08 Å². The molecular weight excluding hydrogens is 62.1 g/mol. The van der Waals surface area contributed by atoms with Crippen molar-refractivity contribution in [1.82, 2.24) is 0 Å². The van der Waals surface area contributed by atoms with Gasteiger partial charge in [0.25, 0.3) is 0 Å². The minimum Gasteiger partial charge on any atom is -0.291 e. The van der Waals surface area contributed by atoms with Crippen molar-refractivity contribution in [3.05, 3.63) is 19.2 Å². The summed E-state index contributed by atoms with van der Waals surface area (Å²) in [6, 6.07) is 0. The van der Waals surface area contributed by atoms with E-state index in [1.807, 2.05) is 0 Å². The van der Waals surface area contributed by atoms with E-state index in [-0.39, 0.29) is 0 Å². The summed E-state index contributed by atoms with van der Waals surface area (Å²) in [5.41, 5.74) is 0. The van der Waals surface area contributed by atoms with Crippen molar-refractivity contribution in [3.63, 3.8) is 0 Å². The molecule has 0 aliphatic rings. The first-order chi connectivity index (χ1) is 2.41. The van der Waals surface area contributed by atoms with Crippen molar-refractivity contribution < 1.29 is 0 Å². The lowest BCUT2D eigenvalue weighted by atomic mass is 10.7. The average molecular weight is 68.1 g/mol. The zero-order chi connectivity index (χ0) is 4.12. The van der Waals surface area contributed by atoms with Crippen LogP contribution in [0.25, 0.3) is 0 Å². The van der Waals surface area contributed by atoms with Crippen LogP contribution < -0.4 is 0 Å². The average Bonchev–Trinajstić information content (AvgIpc) is 1.41. The number of aliphatic imine (C=N–C) groups is 1. The summed E-state index contributed by atoms with van der Waals surface area (Å²) >= 11 is 0. The molecule has 0 aromatic rings. The summed E-state index contributed by atoms with van der Waals surface area (Å²) in [5, 5.41) is 0. The van der Waals surface area contributed by atoms with E-state index in [9.17, 15) is 0 Å². The van der Waals surface area contributed by atoms with Gasteiger partial charge in [0.05, 0.1) is 6.54 Å². The fourth-order valence-corrected chi connectivity index (χ4v) is 0.0745. The molecule has 1 nitrogen and oxygen atoms in total. The van der Waals surface area contributed by atoms with E-state index in [1.165, 1.54) is 6.54 Å². The van der Waals surface area contributed by atoms with E-state index in [0.29, 0.717) is 0 Å². The first kappa shape index (κ1) is 4.41. The van der Waals surface area contributed by atoms with Crippen molar-refractivity contribution >= 4 is 6.72 Å². The maximum Gasteiger partial charge on any atom is 0.0928 e. The molecule has 27 valence electrons. The van der Waals surface area contributed by atoms with Crippen LogP contribution in [0.4, 0.5) is 0 Å². The molecule has 0 aromatic carbocycles. The van der Waals surface area contributed by atoms with Crippen LogP contribution in [0.5, 0.6) is 0 Å². The van der Waals surface area contributed by atoms with Crippen molar-refractivity contribution in [2.24, 2.45) is 4.99 Å². The van der Waals surface area contributed by atoms with Gasteiger partial charge in [-0.2, -0.15) is 0 Å². The fraction of sp³-hybridized carbons (Fsp3) is 0. The second-order valence-electron chi connectivity index (χ2n) is 0.567. The lowest BCUT2D eigenvalue weighted by molar-refractivity contribution is 1.47. The van der Waals surface area contributed by atoms with Crippen LogP contribution in [-0.2, 0) is 0 Å². The summed E-state index contributed by atoms with van der Waals surface area (Å²) < 4.78 is 0. The smallest absolute Gasteiger partial charge is 0.0928 e. The van der Waals surface area contributed by atoms with Gasteiger partial charge in [-0.25, -0.2) is 0 Å². The van der Waals surface area contributed by atoms with E-state index >= 15 is 0 Å². The quantitative estimate of drug-likeness (QED) is 0.429. The SMILES string of the molecule is C=C[CH]N=C. The summed E-state index contributed by atoms with van der Waals surface area (Å²) in [5.74, 6) is 0. The number of hydrogen-bond acceptors (Lipinski definition) is 1.